The van der Waals surface area contributed by atoms with Crippen LogP contribution in [-0.4, -0.2) is 34.3 Å². The third kappa shape index (κ3) is 4.37. The summed E-state index contributed by atoms with van der Waals surface area (Å²) in [6.45, 7) is 3.69. The molecule has 28 heavy (non-hydrogen) atoms. The zero-order valence-corrected chi connectivity index (χ0v) is 17.3. The Morgan fingerprint density at radius 1 is 1.14 bits per heavy atom. The third-order valence-electron chi connectivity index (χ3n) is 7.28. The highest BCUT2D eigenvalue weighted by atomic mass is 16.5. The second kappa shape index (κ2) is 8.85. The fourth-order valence-corrected chi connectivity index (χ4v) is 5.60. The van der Waals surface area contributed by atoms with E-state index in [0.29, 0.717) is 11.5 Å². The van der Waals surface area contributed by atoms with Crippen LogP contribution in [0.4, 0.5) is 4.79 Å². The number of urea groups is 1. The molecule has 6 nitrogen and oxygen atoms in total. The molecule has 2 saturated carbocycles. The Balaban J connectivity index is 1.30. The van der Waals surface area contributed by atoms with Gasteiger partial charge in [-0.1, -0.05) is 19.3 Å². The second-order valence-corrected chi connectivity index (χ2v) is 9.06. The molecule has 6 heteroatoms. The third-order valence-corrected chi connectivity index (χ3v) is 7.28. The van der Waals surface area contributed by atoms with Gasteiger partial charge >= 0.3 is 6.03 Å². The quantitative estimate of drug-likeness (QED) is 0.807. The molecule has 0 unspecified atom stereocenters. The van der Waals surface area contributed by atoms with Crippen LogP contribution in [0.25, 0.3) is 0 Å². The van der Waals surface area contributed by atoms with E-state index >= 15 is 0 Å². The van der Waals surface area contributed by atoms with Gasteiger partial charge in [0.15, 0.2) is 0 Å². The van der Waals surface area contributed by atoms with Crippen molar-refractivity contribution >= 4 is 6.03 Å². The second-order valence-electron chi connectivity index (χ2n) is 9.06. The highest BCUT2D eigenvalue weighted by Crippen LogP contribution is 2.47. The average Bonchev–Trinajstić information content (AvgIpc) is 3.20. The van der Waals surface area contributed by atoms with Gasteiger partial charge in [0, 0.05) is 31.6 Å². The number of amides is 2. The van der Waals surface area contributed by atoms with Gasteiger partial charge in [-0.25, -0.2) is 9.78 Å². The highest BCUT2D eigenvalue weighted by molar-refractivity contribution is 5.74. The van der Waals surface area contributed by atoms with E-state index in [1.165, 1.54) is 44.9 Å². The minimum atomic E-state index is -0.161. The molecule has 2 N–H and O–H groups in total. The first-order chi connectivity index (χ1) is 13.7. The van der Waals surface area contributed by atoms with Crippen molar-refractivity contribution in [3.63, 3.8) is 0 Å². The Morgan fingerprint density at radius 2 is 1.93 bits per heavy atom. The van der Waals surface area contributed by atoms with Gasteiger partial charge in [-0.2, -0.15) is 0 Å². The fourth-order valence-electron chi connectivity index (χ4n) is 5.60. The van der Waals surface area contributed by atoms with Crippen molar-refractivity contribution in [1.29, 1.82) is 0 Å². The number of nitrogens with zero attached hydrogens (tertiary/aromatic N) is 2. The summed E-state index contributed by atoms with van der Waals surface area (Å²) in [5.74, 6) is 0.921. The number of hydrogen-bond donors (Lipinski definition) is 2. The van der Waals surface area contributed by atoms with Crippen LogP contribution in [0.3, 0.4) is 0 Å². The minimum absolute atomic E-state index is 0.0188. The van der Waals surface area contributed by atoms with Gasteiger partial charge in [-0.15, -0.1) is 0 Å². The zero-order chi connectivity index (χ0) is 19.4. The maximum atomic E-state index is 12.7. The molecule has 0 aromatic carbocycles. The summed E-state index contributed by atoms with van der Waals surface area (Å²) in [4.78, 5) is 17.2. The van der Waals surface area contributed by atoms with Gasteiger partial charge < -0.3 is 19.9 Å². The van der Waals surface area contributed by atoms with Gasteiger partial charge in [-0.05, 0) is 63.7 Å². The van der Waals surface area contributed by atoms with Gasteiger partial charge in [0.05, 0.1) is 6.04 Å². The Labute approximate surface area is 168 Å². The Hall–Kier alpha value is -1.56. The van der Waals surface area contributed by atoms with Crippen molar-refractivity contribution in [2.45, 2.75) is 102 Å². The first-order valence-electron chi connectivity index (χ1n) is 11.4. The van der Waals surface area contributed by atoms with E-state index in [-0.39, 0.29) is 18.2 Å². The van der Waals surface area contributed by atoms with Crippen LogP contribution in [0.5, 0.6) is 0 Å². The summed E-state index contributed by atoms with van der Waals surface area (Å²) in [6, 6.07) is 0.252. The number of carbonyl (C=O) groups is 1. The van der Waals surface area contributed by atoms with E-state index < -0.39 is 0 Å². The summed E-state index contributed by atoms with van der Waals surface area (Å²) in [7, 11) is 0. The number of aryl methyl sites for hydroxylation is 1. The molecule has 1 aromatic rings. The molecule has 1 spiro atoms. The van der Waals surface area contributed by atoms with Crippen molar-refractivity contribution in [2.75, 3.05) is 6.61 Å². The molecule has 3 aliphatic rings. The van der Waals surface area contributed by atoms with E-state index in [2.05, 4.69) is 27.1 Å². The maximum Gasteiger partial charge on any atom is 0.315 e. The summed E-state index contributed by atoms with van der Waals surface area (Å²) < 4.78 is 8.12. The molecular formula is C22H36N4O2. The van der Waals surface area contributed by atoms with E-state index in [9.17, 15) is 4.79 Å². The van der Waals surface area contributed by atoms with Crippen LogP contribution in [0.2, 0.25) is 0 Å². The van der Waals surface area contributed by atoms with Crippen LogP contribution in [0.15, 0.2) is 12.4 Å². The zero-order valence-electron chi connectivity index (χ0n) is 17.3. The Kier molecular flexibility index (Phi) is 6.24. The Bertz CT molecular complexity index is 643. The van der Waals surface area contributed by atoms with Crippen molar-refractivity contribution in [3.05, 3.63) is 18.2 Å². The van der Waals surface area contributed by atoms with Gasteiger partial charge in [-0.3, -0.25) is 0 Å². The molecule has 2 heterocycles. The van der Waals surface area contributed by atoms with Crippen LogP contribution in [-0.2, 0) is 11.3 Å². The smallest absolute Gasteiger partial charge is 0.315 e. The van der Waals surface area contributed by atoms with Crippen LogP contribution in [0, 0.1) is 5.41 Å². The first-order valence-corrected chi connectivity index (χ1v) is 11.4. The molecule has 3 fully saturated rings. The highest BCUT2D eigenvalue weighted by Gasteiger charge is 2.37. The molecule has 1 aliphatic heterocycles. The molecule has 2 amide bonds. The number of carbonyl (C=O) groups excluding carboxylic acids is 1. The summed E-state index contributed by atoms with van der Waals surface area (Å²) in [6.07, 6.45) is 17.4. The van der Waals surface area contributed by atoms with Gasteiger partial charge in [0.2, 0.25) is 0 Å². The average molecular weight is 389 g/mol. The van der Waals surface area contributed by atoms with Gasteiger partial charge in [0.1, 0.15) is 11.9 Å². The monoisotopic (exact) mass is 388 g/mol. The minimum Gasteiger partial charge on any atom is -0.368 e. The van der Waals surface area contributed by atoms with Crippen molar-refractivity contribution in [3.8, 4) is 0 Å². The largest absolute Gasteiger partial charge is 0.368 e. The van der Waals surface area contributed by atoms with Crippen molar-refractivity contribution in [1.82, 2.24) is 20.2 Å². The lowest BCUT2D eigenvalue weighted by atomic mass is 9.64. The molecule has 0 radical (unpaired) electrons. The lowest BCUT2D eigenvalue weighted by Gasteiger charge is -2.43. The van der Waals surface area contributed by atoms with E-state index in [1.807, 2.05) is 12.4 Å². The summed E-state index contributed by atoms with van der Waals surface area (Å²) in [5, 5.41) is 6.45. The molecule has 1 saturated heterocycles. The predicted molar refractivity (Wildman–Crippen MR) is 109 cm³/mol. The van der Waals surface area contributed by atoms with E-state index in [4.69, 9.17) is 4.74 Å². The number of nitrogens with one attached hydrogen (secondary N) is 2. The Morgan fingerprint density at radius 3 is 2.68 bits per heavy atom. The summed E-state index contributed by atoms with van der Waals surface area (Å²) >= 11 is 0. The molecule has 2 atom stereocenters. The molecule has 1 aromatic heterocycles. The lowest BCUT2D eigenvalue weighted by Crippen LogP contribution is -2.51. The predicted octanol–water partition coefficient (Wildman–Crippen LogP) is 4.32. The molecule has 4 rings (SSSR count). The van der Waals surface area contributed by atoms with Crippen LogP contribution in [0.1, 0.15) is 89.5 Å². The number of ether oxygens (including phenoxy) is 1. The molecule has 156 valence electrons. The number of hydrogen-bond acceptors (Lipinski definition) is 3. The molecule has 0 bridgehead atoms. The van der Waals surface area contributed by atoms with E-state index in [1.54, 1.807) is 0 Å². The number of imidazole rings is 1. The van der Waals surface area contributed by atoms with Crippen LogP contribution >= 0.6 is 0 Å². The van der Waals surface area contributed by atoms with E-state index in [0.717, 1.165) is 44.7 Å². The molecular weight excluding hydrogens is 352 g/mol. The lowest BCUT2D eigenvalue weighted by molar-refractivity contribution is -0.0147. The fraction of sp³-hybridized carbons (Fsp3) is 0.818. The first kappa shape index (κ1) is 19.7. The standard InChI is InChI=1S/C22H36N4O2/c1-2-26-15-14-23-20(26)19-18(7-6-16-28-19)25-21(27)24-17-8-12-22(13-9-17)10-4-3-5-11-22/h14-15,17-19H,2-13,16H2,1H3,(H2,24,25,27)/t18-,19-/m0/s1. The molecule has 2 aliphatic carbocycles. The summed E-state index contributed by atoms with van der Waals surface area (Å²) in [5.41, 5.74) is 0.590. The van der Waals surface area contributed by atoms with Gasteiger partial charge in [0.25, 0.3) is 0 Å². The normalized spacial score (nSPS) is 28.2. The number of aromatic nitrogens is 2. The SMILES string of the molecule is CCn1ccnc1[C@H]1OCCC[C@@H]1NC(=O)NC1CCC2(CCCCC2)CC1. The van der Waals surface area contributed by atoms with Crippen molar-refractivity contribution in [2.24, 2.45) is 5.41 Å². The maximum absolute atomic E-state index is 12.7. The topological polar surface area (TPSA) is 68.2 Å². The van der Waals surface area contributed by atoms with Crippen molar-refractivity contribution < 1.29 is 9.53 Å². The number of rotatable bonds is 4. The van der Waals surface area contributed by atoms with Crippen LogP contribution < -0.4 is 10.6 Å².